The van der Waals surface area contributed by atoms with E-state index in [9.17, 15) is 14.4 Å². The van der Waals surface area contributed by atoms with E-state index in [4.69, 9.17) is 14.2 Å². The predicted octanol–water partition coefficient (Wildman–Crippen LogP) is 20.9. The molecule has 0 aromatic rings. The molecule has 0 N–H and O–H groups in total. The summed E-state index contributed by atoms with van der Waals surface area (Å²) in [5, 5.41) is 0. The van der Waals surface area contributed by atoms with Gasteiger partial charge in [0.05, 0.1) is 0 Å². The van der Waals surface area contributed by atoms with Crippen LogP contribution in [0.5, 0.6) is 0 Å². The first-order chi connectivity index (χ1) is 35.5. The molecular formula is C66H116O6. The first kappa shape index (κ1) is 68.8. The Hall–Kier alpha value is -3.15. The third kappa shape index (κ3) is 57.7. The number of rotatable bonds is 56. The van der Waals surface area contributed by atoms with Crippen LogP contribution in [0.15, 0.2) is 72.9 Å². The number of esters is 3. The van der Waals surface area contributed by atoms with E-state index in [-0.39, 0.29) is 31.1 Å². The molecule has 0 aliphatic heterocycles. The lowest BCUT2D eigenvalue weighted by atomic mass is 10.0. The van der Waals surface area contributed by atoms with Crippen LogP contribution in [-0.2, 0) is 28.6 Å². The van der Waals surface area contributed by atoms with Crippen LogP contribution in [0, 0.1) is 0 Å². The first-order valence-electron chi connectivity index (χ1n) is 30.9. The third-order valence-electron chi connectivity index (χ3n) is 13.4. The Balaban J connectivity index is 4.42. The van der Waals surface area contributed by atoms with E-state index >= 15 is 0 Å². The van der Waals surface area contributed by atoms with Gasteiger partial charge >= 0.3 is 17.9 Å². The number of allylic oxidation sites excluding steroid dienone is 12. The van der Waals surface area contributed by atoms with Crippen LogP contribution in [0.2, 0.25) is 0 Å². The molecule has 0 spiro atoms. The predicted molar refractivity (Wildman–Crippen MR) is 311 cm³/mol. The van der Waals surface area contributed by atoms with Gasteiger partial charge in [0.25, 0.3) is 0 Å². The topological polar surface area (TPSA) is 78.9 Å². The maximum atomic E-state index is 12.9. The third-order valence-corrected chi connectivity index (χ3v) is 13.4. The van der Waals surface area contributed by atoms with Gasteiger partial charge in [-0.15, -0.1) is 0 Å². The van der Waals surface area contributed by atoms with Crippen LogP contribution in [0.3, 0.4) is 0 Å². The fraction of sp³-hybridized carbons (Fsp3) is 0.773. The molecule has 0 aliphatic carbocycles. The summed E-state index contributed by atoms with van der Waals surface area (Å²) in [5.74, 6) is -0.906. The number of carbonyl (C=O) groups excluding carboxylic acids is 3. The highest BCUT2D eigenvalue weighted by Gasteiger charge is 2.19. The summed E-state index contributed by atoms with van der Waals surface area (Å²) in [6, 6.07) is 0. The standard InChI is InChI=1S/C66H116O6/c1-4-7-10-13-16-19-22-25-28-31-33-36-38-41-44-47-50-53-56-59-65(68)71-62-63(61-70-64(67)58-55-52-49-46-43-40-37-34-30-27-24-21-18-15-12-9-6-3)72-66(69)60-57-54-51-48-45-42-39-35-32-29-26-23-20-17-14-11-8-5-2/h16,18-19,21,25,27-28,30,33,36-37,40,63H,4-15,17,20,22-24,26,29,31-32,34-35,38-39,41-62H2,1-3H3/b19-16-,21-18-,28-25-,30-27-,36-33-,40-37-/t63-/m1/s1. The fourth-order valence-electron chi connectivity index (χ4n) is 8.75. The fourth-order valence-corrected chi connectivity index (χ4v) is 8.75. The average molecular weight is 1010 g/mol. The van der Waals surface area contributed by atoms with E-state index in [2.05, 4.69) is 93.7 Å². The molecule has 0 rings (SSSR count). The molecule has 416 valence electrons. The van der Waals surface area contributed by atoms with Crippen LogP contribution >= 0.6 is 0 Å². The average Bonchev–Trinajstić information content (AvgIpc) is 3.38. The molecule has 0 heterocycles. The monoisotopic (exact) mass is 1000 g/mol. The van der Waals surface area contributed by atoms with Gasteiger partial charge in [-0.2, -0.15) is 0 Å². The van der Waals surface area contributed by atoms with Crippen LogP contribution in [0.25, 0.3) is 0 Å². The number of carbonyl (C=O) groups is 3. The molecule has 0 aliphatic rings. The normalized spacial score (nSPS) is 12.5. The highest BCUT2D eigenvalue weighted by Crippen LogP contribution is 2.16. The lowest BCUT2D eigenvalue weighted by Crippen LogP contribution is -2.30. The van der Waals surface area contributed by atoms with Gasteiger partial charge in [-0.1, -0.05) is 267 Å². The van der Waals surface area contributed by atoms with Gasteiger partial charge in [0.15, 0.2) is 6.10 Å². The smallest absolute Gasteiger partial charge is 0.306 e. The van der Waals surface area contributed by atoms with Gasteiger partial charge < -0.3 is 14.2 Å². The van der Waals surface area contributed by atoms with Crippen molar-refractivity contribution in [1.29, 1.82) is 0 Å². The van der Waals surface area contributed by atoms with Gasteiger partial charge in [-0.25, -0.2) is 0 Å². The lowest BCUT2D eigenvalue weighted by molar-refractivity contribution is -0.167. The Kier molecular flexibility index (Phi) is 57.8. The van der Waals surface area contributed by atoms with E-state index in [0.717, 1.165) is 103 Å². The molecular weight excluding hydrogens is 889 g/mol. The molecule has 6 heteroatoms. The molecule has 0 saturated carbocycles. The van der Waals surface area contributed by atoms with Gasteiger partial charge in [0, 0.05) is 19.3 Å². The maximum Gasteiger partial charge on any atom is 0.306 e. The van der Waals surface area contributed by atoms with Crippen molar-refractivity contribution < 1.29 is 28.6 Å². The van der Waals surface area contributed by atoms with Gasteiger partial charge in [-0.05, 0) is 96.3 Å². The molecule has 0 saturated heterocycles. The van der Waals surface area contributed by atoms with Crippen molar-refractivity contribution in [2.45, 2.75) is 316 Å². The van der Waals surface area contributed by atoms with Crippen molar-refractivity contribution in [3.8, 4) is 0 Å². The second-order valence-electron chi connectivity index (χ2n) is 20.6. The second kappa shape index (κ2) is 60.4. The van der Waals surface area contributed by atoms with Crippen LogP contribution < -0.4 is 0 Å². The molecule has 72 heavy (non-hydrogen) atoms. The number of unbranched alkanes of at least 4 members (excludes halogenated alkanes) is 33. The number of ether oxygens (including phenoxy) is 3. The molecule has 1 atom stereocenters. The van der Waals surface area contributed by atoms with Crippen molar-refractivity contribution in [1.82, 2.24) is 0 Å². The zero-order valence-corrected chi connectivity index (χ0v) is 47.7. The molecule has 6 nitrogen and oxygen atoms in total. The van der Waals surface area contributed by atoms with Crippen molar-refractivity contribution >= 4 is 17.9 Å². The summed E-state index contributed by atoms with van der Waals surface area (Å²) >= 11 is 0. The van der Waals surface area contributed by atoms with Crippen molar-refractivity contribution in [3.05, 3.63) is 72.9 Å². The quantitative estimate of drug-likeness (QED) is 0.0261. The molecule has 0 amide bonds. The second-order valence-corrected chi connectivity index (χ2v) is 20.6. The highest BCUT2D eigenvalue weighted by atomic mass is 16.6. The van der Waals surface area contributed by atoms with Crippen molar-refractivity contribution in [2.75, 3.05) is 13.2 Å². The molecule has 0 bridgehead atoms. The van der Waals surface area contributed by atoms with Crippen molar-refractivity contribution in [2.24, 2.45) is 0 Å². The van der Waals surface area contributed by atoms with E-state index < -0.39 is 6.10 Å². The van der Waals surface area contributed by atoms with E-state index in [1.54, 1.807) is 0 Å². The Bertz CT molecular complexity index is 1340. The summed E-state index contributed by atoms with van der Waals surface area (Å²) in [7, 11) is 0. The Morgan fingerprint density at radius 2 is 0.500 bits per heavy atom. The molecule has 0 aromatic carbocycles. The van der Waals surface area contributed by atoms with Crippen LogP contribution in [0.4, 0.5) is 0 Å². The SMILES string of the molecule is CCCCC/C=C\C/C=C\C/C=C\CCCCCCCCC(=O)OC[C@@H](COC(=O)CCCCCC/C=C\C/C=C\C/C=C\CCCCC)OC(=O)CCCCCCCCCCCCCCCCCCCC. The summed E-state index contributed by atoms with van der Waals surface area (Å²) in [6.07, 6.45) is 77.5. The molecule has 0 aromatic heterocycles. The minimum absolute atomic E-state index is 0.0874. The van der Waals surface area contributed by atoms with Gasteiger partial charge in [0.2, 0.25) is 0 Å². The molecule has 0 radical (unpaired) electrons. The zero-order valence-electron chi connectivity index (χ0n) is 47.7. The highest BCUT2D eigenvalue weighted by molar-refractivity contribution is 5.71. The largest absolute Gasteiger partial charge is 0.462 e. The minimum Gasteiger partial charge on any atom is -0.462 e. The number of hydrogen-bond donors (Lipinski definition) is 0. The molecule has 0 fully saturated rings. The molecule has 0 unspecified atom stereocenters. The Morgan fingerprint density at radius 3 is 0.806 bits per heavy atom. The van der Waals surface area contributed by atoms with E-state index in [1.807, 2.05) is 0 Å². The van der Waals surface area contributed by atoms with Crippen LogP contribution in [-0.4, -0.2) is 37.2 Å². The Morgan fingerprint density at radius 1 is 0.278 bits per heavy atom. The van der Waals surface area contributed by atoms with Crippen molar-refractivity contribution in [3.63, 3.8) is 0 Å². The van der Waals surface area contributed by atoms with Crippen LogP contribution in [0.1, 0.15) is 310 Å². The maximum absolute atomic E-state index is 12.9. The van der Waals surface area contributed by atoms with E-state index in [0.29, 0.717) is 19.3 Å². The summed E-state index contributed by atoms with van der Waals surface area (Å²) in [6.45, 7) is 6.59. The number of hydrogen-bond acceptors (Lipinski definition) is 6. The summed E-state index contributed by atoms with van der Waals surface area (Å²) in [5.41, 5.74) is 0. The van der Waals surface area contributed by atoms with E-state index in [1.165, 1.54) is 167 Å². The zero-order chi connectivity index (χ0) is 52.2. The summed E-state index contributed by atoms with van der Waals surface area (Å²) in [4.78, 5) is 38.3. The minimum atomic E-state index is -0.790. The Labute approximate surface area is 446 Å². The summed E-state index contributed by atoms with van der Waals surface area (Å²) < 4.78 is 16.9. The van der Waals surface area contributed by atoms with Gasteiger partial charge in [-0.3, -0.25) is 14.4 Å². The first-order valence-corrected chi connectivity index (χ1v) is 30.9. The lowest BCUT2D eigenvalue weighted by Gasteiger charge is -2.18. The van der Waals surface area contributed by atoms with Gasteiger partial charge in [0.1, 0.15) is 13.2 Å².